The highest BCUT2D eigenvalue weighted by Crippen LogP contribution is 2.25. The Balaban J connectivity index is 0.937. The van der Waals surface area contributed by atoms with E-state index in [2.05, 4.69) is 84.9 Å². The minimum Gasteiger partial charge on any atom is -0.459 e. The van der Waals surface area contributed by atoms with Crippen LogP contribution in [0, 0.1) is 0 Å². The SMILES string of the molecule is CCN(Cc1ccc(CN2CCN(c3ccccc3C(=O)OC(C)C)CC2)cc1)Cc1ccc(CN2CCN(c3ncccc3C(=O)OC(C)C)CC2)cc1. The van der Waals surface area contributed by atoms with Gasteiger partial charge in [0.1, 0.15) is 11.4 Å². The molecule has 0 radical (unpaired) electrons. The number of piperazine rings is 2. The summed E-state index contributed by atoms with van der Waals surface area (Å²) in [6.45, 7) is 21.4. The topological polar surface area (TPSA) is 81.7 Å². The van der Waals surface area contributed by atoms with Crippen LogP contribution in [0.15, 0.2) is 91.1 Å². The van der Waals surface area contributed by atoms with Crippen molar-refractivity contribution in [3.05, 3.63) is 125 Å². The number of ether oxygens (including phenoxy) is 2. The van der Waals surface area contributed by atoms with Crippen LogP contribution in [-0.2, 0) is 35.7 Å². The summed E-state index contributed by atoms with van der Waals surface area (Å²) in [6, 6.07) is 29.6. The average Bonchev–Trinajstić information content (AvgIpc) is 3.19. The van der Waals surface area contributed by atoms with Gasteiger partial charge in [-0.2, -0.15) is 0 Å². The number of nitrogens with zero attached hydrogens (tertiary/aromatic N) is 6. The zero-order chi connectivity index (χ0) is 38.7. The van der Waals surface area contributed by atoms with Crippen molar-refractivity contribution in [3.8, 4) is 0 Å². The molecule has 292 valence electrons. The van der Waals surface area contributed by atoms with E-state index < -0.39 is 0 Å². The van der Waals surface area contributed by atoms with Crippen molar-refractivity contribution in [3.63, 3.8) is 0 Å². The number of hydrogen-bond acceptors (Lipinski definition) is 10. The van der Waals surface area contributed by atoms with Gasteiger partial charge in [-0.05, 0) is 80.8 Å². The first-order valence-corrected chi connectivity index (χ1v) is 19.9. The van der Waals surface area contributed by atoms with E-state index in [0.29, 0.717) is 16.9 Å². The maximum Gasteiger partial charge on any atom is 0.342 e. The molecule has 0 saturated carbocycles. The van der Waals surface area contributed by atoms with Crippen molar-refractivity contribution in [2.24, 2.45) is 0 Å². The van der Waals surface area contributed by atoms with Gasteiger partial charge in [0, 0.05) is 84.7 Å². The van der Waals surface area contributed by atoms with Crippen LogP contribution in [0.2, 0.25) is 0 Å². The molecule has 0 bridgehead atoms. The fraction of sp³-hybridized carbons (Fsp3) is 0.444. The second-order valence-electron chi connectivity index (χ2n) is 15.3. The largest absolute Gasteiger partial charge is 0.459 e. The minimum absolute atomic E-state index is 0.141. The molecule has 55 heavy (non-hydrogen) atoms. The molecule has 2 aliphatic heterocycles. The van der Waals surface area contributed by atoms with Crippen molar-refractivity contribution in [2.45, 2.75) is 73.0 Å². The molecule has 0 N–H and O–H groups in total. The summed E-state index contributed by atoms with van der Waals surface area (Å²) in [5, 5.41) is 0. The molecule has 3 heterocycles. The normalized spacial score (nSPS) is 15.6. The summed E-state index contributed by atoms with van der Waals surface area (Å²) < 4.78 is 11.0. The van der Waals surface area contributed by atoms with Crippen molar-refractivity contribution in [1.29, 1.82) is 0 Å². The first-order valence-electron chi connectivity index (χ1n) is 19.9. The molecule has 0 amide bonds. The Labute approximate surface area is 327 Å². The van der Waals surface area contributed by atoms with Crippen LogP contribution in [0.25, 0.3) is 0 Å². The Kier molecular flexibility index (Phi) is 13.9. The maximum absolute atomic E-state index is 12.7. The molecule has 1 aromatic heterocycles. The summed E-state index contributed by atoms with van der Waals surface area (Å²) in [6.07, 6.45) is 1.44. The van der Waals surface area contributed by atoms with Gasteiger partial charge in [0.2, 0.25) is 0 Å². The predicted octanol–water partition coefficient (Wildman–Crippen LogP) is 6.88. The van der Waals surface area contributed by atoms with Crippen LogP contribution in [-0.4, -0.2) is 103 Å². The van der Waals surface area contributed by atoms with Crippen LogP contribution in [0.3, 0.4) is 0 Å². The Hall–Kier alpha value is -4.77. The van der Waals surface area contributed by atoms with E-state index in [4.69, 9.17) is 9.47 Å². The number of carbonyl (C=O) groups is 2. The Morgan fingerprint density at radius 1 is 0.600 bits per heavy atom. The summed E-state index contributed by atoms with van der Waals surface area (Å²) in [5.41, 5.74) is 7.42. The van der Waals surface area contributed by atoms with Gasteiger partial charge in [0.05, 0.1) is 23.5 Å². The van der Waals surface area contributed by atoms with Crippen LogP contribution in [0.4, 0.5) is 11.5 Å². The second-order valence-corrected chi connectivity index (χ2v) is 15.3. The van der Waals surface area contributed by atoms with Crippen molar-refractivity contribution in [2.75, 3.05) is 68.7 Å². The Morgan fingerprint density at radius 2 is 1.05 bits per heavy atom. The monoisotopic (exact) mass is 746 g/mol. The van der Waals surface area contributed by atoms with Crippen LogP contribution >= 0.6 is 0 Å². The molecular formula is C45H58N6O4. The van der Waals surface area contributed by atoms with Gasteiger partial charge in [0.15, 0.2) is 0 Å². The second kappa shape index (κ2) is 19.2. The molecule has 10 nitrogen and oxygen atoms in total. The van der Waals surface area contributed by atoms with Crippen LogP contribution in [0.1, 0.15) is 77.6 Å². The number of pyridine rings is 1. The molecule has 4 aromatic rings. The molecule has 0 aliphatic carbocycles. The summed E-state index contributed by atoms with van der Waals surface area (Å²) in [5.74, 6) is 0.145. The van der Waals surface area contributed by atoms with Crippen molar-refractivity contribution >= 4 is 23.4 Å². The lowest BCUT2D eigenvalue weighted by Crippen LogP contribution is -2.46. The quantitative estimate of drug-likeness (QED) is 0.120. The maximum atomic E-state index is 12.7. The summed E-state index contributed by atoms with van der Waals surface area (Å²) >= 11 is 0. The third-order valence-corrected chi connectivity index (χ3v) is 10.3. The van der Waals surface area contributed by atoms with E-state index in [1.165, 1.54) is 22.3 Å². The molecule has 2 saturated heterocycles. The van der Waals surface area contributed by atoms with E-state index in [-0.39, 0.29) is 24.1 Å². The lowest BCUT2D eigenvalue weighted by Gasteiger charge is -2.36. The van der Waals surface area contributed by atoms with Gasteiger partial charge in [0.25, 0.3) is 0 Å². The smallest absolute Gasteiger partial charge is 0.342 e. The molecule has 0 unspecified atom stereocenters. The van der Waals surface area contributed by atoms with Crippen molar-refractivity contribution in [1.82, 2.24) is 19.7 Å². The highest BCUT2D eigenvalue weighted by molar-refractivity contribution is 5.96. The molecule has 3 aromatic carbocycles. The van der Waals surface area contributed by atoms with E-state index in [1.54, 1.807) is 18.3 Å². The zero-order valence-corrected chi connectivity index (χ0v) is 33.3. The standard InChI is InChI=1S/C45H58N6O4/c1-6-47(30-36-13-17-38(18-14-36)32-48-22-26-50(27-23-48)42-12-8-7-10-40(42)44(52)54-34(2)3)31-37-15-19-39(20-16-37)33-49-24-28-51(29-25-49)43-41(11-9-21-46-43)45(53)55-35(4)5/h7-21,34-35H,6,22-33H2,1-5H3. The number of carbonyl (C=O) groups excluding carboxylic acids is 2. The average molecular weight is 747 g/mol. The molecule has 6 rings (SSSR count). The van der Waals surface area contributed by atoms with Gasteiger partial charge < -0.3 is 19.3 Å². The lowest BCUT2D eigenvalue weighted by molar-refractivity contribution is 0.0367. The highest BCUT2D eigenvalue weighted by Gasteiger charge is 2.25. The van der Waals surface area contributed by atoms with E-state index >= 15 is 0 Å². The first kappa shape index (κ1) is 39.9. The van der Waals surface area contributed by atoms with E-state index in [9.17, 15) is 9.59 Å². The van der Waals surface area contributed by atoms with Gasteiger partial charge >= 0.3 is 11.9 Å². The number of rotatable bonds is 15. The molecule has 0 spiro atoms. The third kappa shape index (κ3) is 11.2. The number of aromatic nitrogens is 1. The van der Waals surface area contributed by atoms with Gasteiger partial charge in [-0.25, -0.2) is 14.6 Å². The summed E-state index contributed by atoms with van der Waals surface area (Å²) in [4.78, 5) is 41.9. The Bertz CT molecular complexity index is 1700. The van der Waals surface area contributed by atoms with E-state index in [1.807, 2.05) is 52.0 Å². The number of benzene rings is 3. The molecular weight excluding hydrogens is 689 g/mol. The molecule has 0 atom stereocenters. The van der Waals surface area contributed by atoms with E-state index in [0.717, 1.165) is 90.8 Å². The fourth-order valence-electron chi connectivity index (χ4n) is 7.36. The zero-order valence-electron chi connectivity index (χ0n) is 33.3. The van der Waals surface area contributed by atoms with Crippen LogP contribution < -0.4 is 9.80 Å². The predicted molar refractivity (Wildman–Crippen MR) is 219 cm³/mol. The van der Waals surface area contributed by atoms with Crippen molar-refractivity contribution < 1.29 is 19.1 Å². The number of anilines is 2. The Morgan fingerprint density at radius 3 is 1.56 bits per heavy atom. The molecule has 10 heteroatoms. The summed E-state index contributed by atoms with van der Waals surface area (Å²) in [7, 11) is 0. The van der Waals surface area contributed by atoms with Gasteiger partial charge in [-0.3, -0.25) is 14.7 Å². The first-order chi connectivity index (χ1) is 26.6. The highest BCUT2D eigenvalue weighted by atomic mass is 16.5. The number of esters is 2. The third-order valence-electron chi connectivity index (χ3n) is 10.3. The number of hydrogen-bond donors (Lipinski definition) is 0. The molecule has 2 aliphatic rings. The van der Waals surface area contributed by atoms with Gasteiger partial charge in [-0.15, -0.1) is 0 Å². The fourth-order valence-corrected chi connectivity index (χ4v) is 7.36. The van der Waals surface area contributed by atoms with Crippen LogP contribution in [0.5, 0.6) is 0 Å². The minimum atomic E-state index is -0.315. The molecule has 2 fully saturated rings. The van der Waals surface area contributed by atoms with Gasteiger partial charge in [-0.1, -0.05) is 67.6 Å². The lowest BCUT2D eigenvalue weighted by atomic mass is 10.1. The number of para-hydroxylation sites is 1.